The van der Waals surface area contributed by atoms with Crippen LogP contribution in [0.25, 0.3) is 0 Å². The Bertz CT molecular complexity index is 344. The number of hydrogen-bond acceptors (Lipinski definition) is 2. The van der Waals surface area contributed by atoms with Gasteiger partial charge in [0.25, 0.3) is 0 Å². The third-order valence-electron chi connectivity index (χ3n) is 6.87. The van der Waals surface area contributed by atoms with Crippen molar-refractivity contribution in [2.75, 3.05) is 0 Å². The first-order valence-corrected chi connectivity index (χ1v) is 5.95. The Balaban J connectivity index is 1.57. The number of hydrogen-bond donors (Lipinski definition) is 0. The molecule has 0 atom stereocenters. The van der Waals surface area contributed by atoms with Crippen molar-refractivity contribution in [3.05, 3.63) is 0 Å². The first-order chi connectivity index (χ1) is 6.74. The van der Waals surface area contributed by atoms with Gasteiger partial charge in [-0.05, 0) is 47.3 Å². The van der Waals surface area contributed by atoms with E-state index in [2.05, 4.69) is 6.92 Å². The van der Waals surface area contributed by atoms with E-state index in [0.29, 0.717) is 23.2 Å². The molecule has 0 aliphatic heterocycles. The van der Waals surface area contributed by atoms with E-state index in [1.54, 1.807) is 0 Å². The van der Waals surface area contributed by atoms with Crippen molar-refractivity contribution in [2.24, 2.45) is 46.3 Å². The van der Waals surface area contributed by atoms with Crippen molar-refractivity contribution < 1.29 is 9.90 Å². The molecule has 6 aliphatic rings. The monoisotopic (exact) mass is 189 g/mol. The summed E-state index contributed by atoms with van der Waals surface area (Å²) in [6.45, 7) is 2.26. The molecule has 0 N–H and O–H groups in total. The van der Waals surface area contributed by atoms with Crippen molar-refractivity contribution >= 4 is 5.97 Å². The highest BCUT2D eigenvalue weighted by Crippen LogP contribution is 3.10. The number of carbonyl (C=O) groups excluding carboxylic acids is 1. The maximum atomic E-state index is 11.1. The average molecular weight is 189 g/mol. The van der Waals surface area contributed by atoms with Crippen LogP contribution < -0.4 is 5.11 Å². The van der Waals surface area contributed by atoms with E-state index in [1.165, 1.54) is 12.8 Å². The summed E-state index contributed by atoms with van der Waals surface area (Å²) in [5.41, 5.74) is 0.432. The Labute approximate surface area is 82.7 Å². The highest BCUT2D eigenvalue weighted by atomic mass is 16.4. The standard InChI is InChI=1S/C12H14O2/c1-2-3-11-4-7-5(11)9-6(11)8(4)12(7,9)10(13)14/h4-9H,2-3H2,1H3,(H,13,14)/p-1. The zero-order valence-corrected chi connectivity index (χ0v) is 8.19. The first-order valence-electron chi connectivity index (χ1n) is 5.95. The first kappa shape index (κ1) is 6.86. The fourth-order valence-corrected chi connectivity index (χ4v) is 7.09. The van der Waals surface area contributed by atoms with E-state index < -0.39 is 5.97 Å². The van der Waals surface area contributed by atoms with Gasteiger partial charge in [-0.25, -0.2) is 0 Å². The molecule has 0 spiro atoms. The highest BCUT2D eigenvalue weighted by Gasteiger charge is 3.09. The smallest absolute Gasteiger partial charge is 0.0485 e. The zero-order chi connectivity index (χ0) is 9.46. The highest BCUT2D eigenvalue weighted by molar-refractivity contribution is 5.85. The van der Waals surface area contributed by atoms with Crippen LogP contribution >= 0.6 is 0 Å². The van der Waals surface area contributed by atoms with Crippen molar-refractivity contribution in [1.29, 1.82) is 0 Å². The average Bonchev–Trinajstić information content (AvgIpc) is 2.18. The van der Waals surface area contributed by atoms with Gasteiger partial charge in [-0.3, -0.25) is 0 Å². The normalized spacial score (nSPS) is 77.2. The third kappa shape index (κ3) is 0.261. The molecule has 74 valence electrons. The summed E-state index contributed by atoms with van der Waals surface area (Å²) in [5, 5.41) is 11.1. The molecule has 2 heteroatoms. The predicted octanol–water partition coefficient (Wildman–Crippen LogP) is 0.274. The minimum absolute atomic E-state index is 0.254. The van der Waals surface area contributed by atoms with E-state index in [-0.39, 0.29) is 5.41 Å². The van der Waals surface area contributed by atoms with Gasteiger partial charge in [-0.2, -0.15) is 0 Å². The van der Waals surface area contributed by atoms with Crippen molar-refractivity contribution in [2.45, 2.75) is 19.8 Å². The van der Waals surface area contributed by atoms with Crippen LogP contribution in [0.5, 0.6) is 0 Å². The lowest BCUT2D eigenvalue weighted by molar-refractivity contribution is -0.652. The SMILES string of the molecule is CCCC12C3C4C1C1C2C3C41C(=O)[O-]. The quantitative estimate of drug-likeness (QED) is 0.639. The van der Waals surface area contributed by atoms with Gasteiger partial charge < -0.3 is 9.90 Å². The Morgan fingerprint density at radius 3 is 2.00 bits per heavy atom. The number of aliphatic carboxylic acids is 1. The summed E-state index contributed by atoms with van der Waals surface area (Å²) < 4.78 is 0. The van der Waals surface area contributed by atoms with Crippen LogP contribution in [0.2, 0.25) is 0 Å². The minimum Gasteiger partial charge on any atom is -0.550 e. The molecule has 0 aromatic heterocycles. The van der Waals surface area contributed by atoms with Gasteiger partial charge in [-0.1, -0.05) is 13.3 Å². The van der Waals surface area contributed by atoms with Crippen molar-refractivity contribution in [1.82, 2.24) is 0 Å². The molecular formula is C12H13O2-. The van der Waals surface area contributed by atoms with Crippen LogP contribution in [0.15, 0.2) is 0 Å². The second-order valence-corrected chi connectivity index (χ2v) is 6.24. The summed E-state index contributed by atoms with van der Waals surface area (Å²) in [6.07, 6.45) is 2.66. The topological polar surface area (TPSA) is 40.1 Å². The van der Waals surface area contributed by atoms with Crippen LogP contribution in [-0.4, -0.2) is 5.97 Å². The summed E-state index contributed by atoms with van der Waals surface area (Å²) in [6, 6.07) is 0. The maximum Gasteiger partial charge on any atom is 0.0485 e. The van der Waals surface area contributed by atoms with Crippen LogP contribution in [-0.2, 0) is 4.79 Å². The Hall–Kier alpha value is -0.530. The number of carboxylic acid groups (broad SMARTS) is 1. The number of carboxylic acids is 1. The van der Waals surface area contributed by atoms with Gasteiger partial charge in [-0.15, -0.1) is 0 Å². The molecule has 0 aromatic carbocycles. The molecule has 0 amide bonds. The molecular weight excluding hydrogens is 176 g/mol. The molecule has 0 bridgehead atoms. The minimum atomic E-state index is -0.703. The Morgan fingerprint density at radius 2 is 1.64 bits per heavy atom. The summed E-state index contributed by atoms with van der Waals surface area (Å²) >= 11 is 0. The molecule has 0 radical (unpaired) electrons. The summed E-state index contributed by atoms with van der Waals surface area (Å²) in [4.78, 5) is 11.1. The van der Waals surface area contributed by atoms with Crippen LogP contribution in [0.3, 0.4) is 0 Å². The van der Waals surface area contributed by atoms with Gasteiger partial charge in [0.15, 0.2) is 0 Å². The molecule has 6 fully saturated rings. The van der Waals surface area contributed by atoms with Gasteiger partial charge >= 0.3 is 0 Å². The lowest BCUT2D eigenvalue weighted by atomic mass is 8.92. The molecule has 14 heavy (non-hydrogen) atoms. The third-order valence-corrected chi connectivity index (χ3v) is 6.87. The lowest BCUT2D eigenvalue weighted by Gasteiger charge is -3.12. The fraction of sp³-hybridized carbons (Fsp3) is 0.917. The summed E-state index contributed by atoms with van der Waals surface area (Å²) in [5.74, 6) is 3.55. The van der Waals surface area contributed by atoms with E-state index in [0.717, 1.165) is 17.8 Å². The zero-order valence-electron chi connectivity index (χ0n) is 8.19. The van der Waals surface area contributed by atoms with Crippen molar-refractivity contribution in [3.63, 3.8) is 0 Å². The number of rotatable bonds is 3. The molecule has 0 aromatic rings. The Morgan fingerprint density at radius 1 is 1.14 bits per heavy atom. The molecule has 0 heterocycles. The predicted molar refractivity (Wildman–Crippen MR) is 45.7 cm³/mol. The van der Waals surface area contributed by atoms with Gasteiger partial charge in [0, 0.05) is 11.4 Å². The van der Waals surface area contributed by atoms with Crippen molar-refractivity contribution in [3.8, 4) is 0 Å². The molecule has 0 saturated heterocycles. The molecule has 0 unspecified atom stereocenters. The van der Waals surface area contributed by atoms with E-state index in [1.807, 2.05) is 0 Å². The lowest BCUT2D eigenvalue weighted by Crippen LogP contribution is -3.11. The van der Waals surface area contributed by atoms with Gasteiger partial charge in [0.05, 0.1) is 0 Å². The summed E-state index contributed by atoms with van der Waals surface area (Å²) in [7, 11) is 0. The largest absolute Gasteiger partial charge is 0.550 e. The van der Waals surface area contributed by atoms with E-state index in [9.17, 15) is 9.90 Å². The molecule has 6 rings (SSSR count). The van der Waals surface area contributed by atoms with Crippen LogP contribution in [0, 0.1) is 46.3 Å². The van der Waals surface area contributed by atoms with E-state index >= 15 is 0 Å². The fourth-order valence-electron chi connectivity index (χ4n) is 7.09. The van der Waals surface area contributed by atoms with Gasteiger partial charge in [0.1, 0.15) is 0 Å². The van der Waals surface area contributed by atoms with Crippen LogP contribution in [0.4, 0.5) is 0 Å². The second kappa shape index (κ2) is 1.38. The molecule has 2 nitrogen and oxygen atoms in total. The van der Waals surface area contributed by atoms with Crippen LogP contribution in [0.1, 0.15) is 19.8 Å². The molecule has 6 aliphatic carbocycles. The number of carbonyl (C=O) groups is 1. The second-order valence-electron chi connectivity index (χ2n) is 6.24. The van der Waals surface area contributed by atoms with E-state index in [4.69, 9.17) is 0 Å². The molecule has 6 saturated carbocycles. The van der Waals surface area contributed by atoms with Gasteiger partial charge in [0.2, 0.25) is 0 Å². The maximum absolute atomic E-state index is 11.1. The Kier molecular flexibility index (Phi) is 0.677.